The molecule has 102 valence electrons. The number of carbonyl (C=O) groups is 1. The Balaban J connectivity index is 3.32. The number of aryl methyl sites for hydroxylation is 1. The number of benzene rings is 1. The molecular weight excluding hydrogens is 259 g/mol. The fourth-order valence-corrected chi connectivity index (χ4v) is 1.68. The number of rotatable bonds is 4. The smallest absolute Gasteiger partial charge is 0.417 e. The lowest BCUT2D eigenvalue weighted by Crippen LogP contribution is -2.17. The molecule has 0 aliphatic heterocycles. The molecule has 0 saturated heterocycles. The van der Waals surface area contributed by atoms with E-state index < -0.39 is 23.3 Å². The fourth-order valence-electron chi connectivity index (χ4n) is 1.68. The second-order valence-electron chi connectivity index (χ2n) is 3.72. The quantitative estimate of drug-likeness (QED) is 0.789. The van der Waals surface area contributed by atoms with E-state index >= 15 is 0 Å². The van der Waals surface area contributed by atoms with Crippen LogP contribution in [0.15, 0.2) is 18.2 Å². The number of hydrogen-bond acceptors (Lipinski definition) is 3. The highest BCUT2D eigenvalue weighted by atomic mass is 19.4. The molecule has 0 aromatic heterocycles. The highest BCUT2D eigenvalue weighted by Crippen LogP contribution is 2.34. The van der Waals surface area contributed by atoms with Crippen molar-refractivity contribution in [3.8, 4) is 6.07 Å². The van der Waals surface area contributed by atoms with E-state index in [2.05, 4.69) is 4.74 Å². The van der Waals surface area contributed by atoms with Gasteiger partial charge in [-0.25, -0.2) is 4.79 Å². The van der Waals surface area contributed by atoms with Crippen molar-refractivity contribution < 1.29 is 22.7 Å². The number of halogens is 3. The van der Waals surface area contributed by atoms with Gasteiger partial charge in [0.1, 0.15) is 0 Å². The van der Waals surface area contributed by atoms with E-state index in [1.807, 2.05) is 6.07 Å². The Bertz CT molecular complexity index is 504. The van der Waals surface area contributed by atoms with Crippen LogP contribution < -0.4 is 0 Å². The van der Waals surface area contributed by atoms with Gasteiger partial charge < -0.3 is 4.74 Å². The zero-order valence-corrected chi connectivity index (χ0v) is 10.3. The molecule has 0 heterocycles. The van der Waals surface area contributed by atoms with Crippen LogP contribution in [0.25, 0.3) is 0 Å². The Labute approximate surface area is 108 Å². The van der Waals surface area contributed by atoms with Crippen LogP contribution >= 0.6 is 0 Å². The lowest BCUT2D eigenvalue weighted by atomic mass is 9.97. The van der Waals surface area contributed by atoms with Gasteiger partial charge in [0.2, 0.25) is 0 Å². The summed E-state index contributed by atoms with van der Waals surface area (Å²) in [5.74, 6) is -1.01. The molecule has 3 nitrogen and oxygen atoms in total. The van der Waals surface area contributed by atoms with E-state index in [1.54, 1.807) is 0 Å². The van der Waals surface area contributed by atoms with Crippen molar-refractivity contribution in [2.24, 2.45) is 0 Å². The zero-order valence-electron chi connectivity index (χ0n) is 10.3. The second kappa shape index (κ2) is 6.23. The molecule has 0 aliphatic carbocycles. The van der Waals surface area contributed by atoms with Crippen molar-refractivity contribution in [2.75, 3.05) is 6.61 Å². The van der Waals surface area contributed by atoms with Gasteiger partial charge in [-0.15, -0.1) is 0 Å². The molecule has 0 saturated carbocycles. The second-order valence-corrected chi connectivity index (χ2v) is 3.72. The Hall–Kier alpha value is -2.03. The van der Waals surface area contributed by atoms with E-state index in [1.165, 1.54) is 19.1 Å². The third-order valence-electron chi connectivity index (χ3n) is 2.44. The molecule has 0 atom stereocenters. The average Bonchev–Trinajstić information content (AvgIpc) is 2.35. The maximum absolute atomic E-state index is 12.9. The van der Waals surface area contributed by atoms with Crippen molar-refractivity contribution in [2.45, 2.75) is 25.9 Å². The SMILES string of the molecule is CCOC(=O)c1c(CCC#N)cccc1C(F)(F)F. The van der Waals surface area contributed by atoms with Crippen molar-refractivity contribution >= 4 is 5.97 Å². The predicted molar refractivity (Wildman–Crippen MR) is 61.3 cm³/mol. The van der Waals surface area contributed by atoms with Crippen LogP contribution in [-0.2, 0) is 17.3 Å². The molecule has 0 fully saturated rings. The average molecular weight is 271 g/mol. The van der Waals surface area contributed by atoms with Gasteiger partial charge in [-0.05, 0) is 25.0 Å². The Morgan fingerprint density at radius 1 is 1.42 bits per heavy atom. The fraction of sp³-hybridized carbons (Fsp3) is 0.385. The molecule has 0 unspecified atom stereocenters. The first-order valence-corrected chi connectivity index (χ1v) is 5.65. The molecule has 0 aliphatic rings. The molecule has 6 heteroatoms. The summed E-state index contributed by atoms with van der Waals surface area (Å²) in [6.07, 6.45) is -4.52. The summed E-state index contributed by atoms with van der Waals surface area (Å²) in [6, 6.07) is 5.30. The lowest BCUT2D eigenvalue weighted by molar-refractivity contribution is -0.138. The molecule has 0 bridgehead atoms. The van der Waals surface area contributed by atoms with Crippen molar-refractivity contribution in [1.29, 1.82) is 5.26 Å². The number of alkyl halides is 3. The van der Waals surface area contributed by atoms with E-state index in [-0.39, 0.29) is 25.0 Å². The van der Waals surface area contributed by atoms with Crippen LogP contribution in [-0.4, -0.2) is 12.6 Å². The third kappa shape index (κ3) is 3.71. The summed E-state index contributed by atoms with van der Waals surface area (Å²) < 4.78 is 43.3. The summed E-state index contributed by atoms with van der Waals surface area (Å²) in [5, 5.41) is 8.50. The minimum absolute atomic E-state index is 0.0112. The Kier molecular flexibility index (Phi) is 4.93. The molecule has 1 rings (SSSR count). The van der Waals surface area contributed by atoms with Crippen molar-refractivity contribution in [1.82, 2.24) is 0 Å². The molecule has 1 aromatic carbocycles. The number of nitriles is 1. The summed E-state index contributed by atoms with van der Waals surface area (Å²) in [4.78, 5) is 11.7. The first-order chi connectivity index (χ1) is 8.91. The summed E-state index contributed by atoms with van der Waals surface area (Å²) >= 11 is 0. The maximum atomic E-state index is 12.9. The predicted octanol–water partition coefficient (Wildman–Crippen LogP) is 3.34. The van der Waals surface area contributed by atoms with E-state index in [9.17, 15) is 18.0 Å². The minimum atomic E-state index is -4.63. The van der Waals surface area contributed by atoms with Gasteiger partial charge in [0.05, 0.1) is 23.8 Å². The van der Waals surface area contributed by atoms with Crippen LogP contribution in [0.1, 0.15) is 34.8 Å². The highest BCUT2D eigenvalue weighted by Gasteiger charge is 2.36. The zero-order chi connectivity index (χ0) is 14.5. The number of esters is 1. The molecule has 0 amide bonds. The highest BCUT2D eigenvalue weighted by molar-refractivity contribution is 5.93. The van der Waals surface area contributed by atoms with Gasteiger partial charge in [-0.2, -0.15) is 18.4 Å². The third-order valence-corrected chi connectivity index (χ3v) is 2.44. The number of hydrogen-bond donors (Lipinski definition) is 0. The molecule has 19 heavy (non-hydrogen) atoms. The van der Waals surface area contributed by atoms with Crippen molar-refractivity contribution in [3.63, 3.8) is 0 Å². The van der Waals surface area contributed by atoms with Gasteiger partial charge in [-0.3, -0.25) is 0 Å². The van der Waals surface area contributed by atoms with Gasteiger partial charge >= 0.3 is 12.1 Å². The number of ether oxygens (including phenoxy) is 1. The summed E-state index contributed by atoms with van der Waals surface area (Å²) in [5.41, 5.74) is -1.34. The minimum Gasteiger partial charge on any atom is -0.462 e. The van der Waals surface area contributed by atoms with Crippen LogP contribution in [0, 0.1) is 11.3 Å². The van der Waals surface area contributed by atoms with Gasteiger partial charge in [0, 0.05) is 6.42 Å². The standard InChI is InChI=1S/C13H12F3NO2/c1-2-19-12(18)11-9(6-4-8-17)5-3-7-10(11)13(14,15)16/h3,5,7H,2,4,6H2,1H3. The van der Waals surface area contributed by atoms with Crippen LogP contribution in [0.2, 0.25) is 0 Å². The Morgan fingerprint density at radius 3 is 2.63 bits per heavy atom. The largest absolute Gasteiger partial charge is 0.462 e. The monoisotopic (exact) mass is 271 g/mol. The molecule has 0 N–H and O–H groups in total. The van der Waals surface area contributed by atoms with Gasteiger partial charge in [0.15, 0.2) is 0 Å². The van der Waals surface area contributed by atoms with E-state index in [4.69, 9.17) is 5.26 Å². The maximum Gasteiger partial charge on any atom is 0.417 e. The summed E-state index contributed by atoms with van der Waals surface area (Å²) in [6.45, 7) is 1.51. The number of nitrogens with zero attached hydrogens (tertiary/aromatic N) is 1. The van der Waals surface area contributed by atoms with Gasteiger partial charge in [-0.1, -0.05) is 12.1 Å². The lowest BCUT2D eigenvalue weighted by Gasteiger charge is -2.15. The molecule has 1 aromatic rings. The molecule has 0 spiro atoms. The molecular formula is C13H12F3NO2. The normalized spacial score (nSPS) is 10.9. The van der Waals surface area contributed by atoms with Crippen molar-refractivity contribution in [3.05, 3.63) is 34.9 Å². The topological polar surface area (TPSA) is 50.1 Å². The van der Waals surface area contributed by atoms with Gasteiger partial charge in [0.25, 0.3) is 0 Å². The van der Waals surface area contributed by atoms with E-state index in [0.29, 0.717) is 0 Å². The summed E-state index contributed by atoms with van der Waals surface area (Å²) in [7, 11) is 0. The van der Waals surface area contributed by atoms with Crippen LogP contribution in [0.5, 0.6) is 0 Å². The first-order valence-electron chi connectivity index (χ1n) is 5.65. The van der Waals surface area contributed by atoms with E-state index in [0.717, 1.165) is 6.07 Å². The van der Waals surface area contributed by atoms with Crippen LogP contribution in [0.3, 0.4) is 0 Å². The first kappa shape index (κ1) is 15.0. The number of carbonyl (C=O) groups excluding carboxylic acids is 1. The molecule has 0 radical (unpaired) electrons. The Morgan fingerprint density at radius 2 is 2.11 bits per heavy atom. The van der Waals surface area contributed by atoms with Crippen LogP contribution in [0.4, 0.5) is 13.2 Å².